The summed E-state index contributed by atoms with van der Waals surface area (Å²) in [6.07, 6.45) is 0.745. The number of urea groups is 1. The highest BCUT2D eigenvalue weighted by Crippen LogP contribution is 2.29. The number of fused-ring (bicyclic) bond motifs is 1. The first kappa shape index (κ1) is 27.0. The molecule has 2 N–H and O–H groups in total. The van der Waals surface area contributed by atoms with Crippen LogP contribution in [0.25, 0.3) is 0 Å². The molecule has 1 heterocycles. The summed E-state index contributed by atoms with van der Waals surface area (Å²) in [7, 11) is -4.17. The van der Waals surface area contributed by atoms with Gasteiger partial charge < -0.3 is 15.0 Å². The lowest BCUT2D eigenvalue weighted by Gasteiger charge is -2.28. The molecule has 3 aromatic carbocycles. The number of carbonyl (C=O) groups is 2. The predicted octanol–water partition coefficient (Wildman–Crippen LogP) is 3.66. The number of amides is 3. The Morgan fingerprint density at radius 1 is 0.974 bits per heavy atom. The maximum Gasteiger partial charge on any atom is 0.330 e. The maximum absolute atomic E-state index is 13.7. The molecule has 0 saturated carbocycles. The van der Waals surface area contributed by atoms with Gasteiger partial charge in [-0.1, -0.05) is 48.5 Å². The SMILES string of the molecule is CCOc1ccc(N(CC)C(=O)C(Cc2ccccc2)NC(=O)NS(=O)(=O)N2CCc3ccccc32)cc1. The van der Waals surface area contributed by atoms with Gasteiger partial charge >= 0.3 is 16.2 Å². The second kappa shape index (κ2) is 12.0. The van der Waals surface area contributed by atoms with Gasteiger partial charge in [-0.15, -0.1) is 0 Å². The Morgan fingerprint density at radius 2 is 1.66 bits per heavy atom. The second-order valence-corrected chi connectivity index (χ2v) is 10.4. The van der Waals surface area contributed by atoms with E-state index in [1.165, 1.54) is 4.31 Å². The van der Waals surface area contributed by atoms with Gasteiger partial charge in [0.25, 0.3) is 0 Å². The number of hydrogen-bond donors (Lipinski definition) is 2. The van der Waals surface area contributed by atoms with E-state index in [1.54, 1.807) is 41.3 Å². The van der Waals surface area contributed by atoms with Crippen molar-refractivity contribution in [3.8, 4) is 5.75 Å². The van der Waals surface area contributed by atoms with Crippen LogP contribution in [0.1, 0.15) is 25.0 Å². The van der Waals surface area contributed by atoms with Crippen LogP contribution in [0.5, 0.6) is 5.75 Å². The first-order valence-electron chi connectivity index (χ1n) is 12.6. The standard InChI is InChI=1S/C28H32N4O5S/c1-3-31(23-14-16-24(17-15-23)37-4-2)27(33)25(20-21-10-6-5-7-11-21)29-28(34)30-38(35,36)32-19-18-22-12-8-9-13-26(22)32/h5-17,25H,3-4,18-20H2,1-2H3,(H2,29,30,34). The number of hydrogen-bond acceptors (Lipinski definition) is 5. The molecule has 1 unspecified atom stereocenters. The number of carbonyl (C=O) groups excluding carboxylic acids is 2. The molecular formula is C28H32N4O5S. The van der Waals surface area contributed by atoms with Gasteiger partial charge in [0.05, 0.1) is 12.3 Å². The molecule has 4 rings (SSSR count). The summed E-state index contributed by atoms with van der Waals surface area (Å²) in [6.45, 7) is 4.84. The van der Waals surface area contributed by atoms with Crippen LogP contribution in [0.2, 0.25) is 0 Å². The van der Waals surface area contributed by atoms with Crippen LogP contribution < -0.4 is 24.0 Å². The summed E-state index contributed by atoms with van der Waals surface area (Å²) in [4.78, 5) is 28.2. The van der Waals surface area contributed by atoms with E-state index < -0.39 is 22.3 Å². The lowest BCUT2D eigenvalue weighted by molar-refractivity contribution is -0.120. The molecule has 0 aromatic heterocycles. The van der Waals surface area contributed by atoms with Crippen LogP contribution >= 0.6 is 0 Å². The molecule has 0 radical (unpaired) electrons. The molecule has 0 spiro atoms. The Balaban J connectivity index is 1.53. The van der Waals surface area contributed by atoms with Crippen LogP contribution in [-0.2, 0) is 27.8 Å². The summed E-state index contributed by atoms with van der Waals surface area (Å²) in [6, 6.07) is 21.6. The van der Waals surface area contributed by atoms with Crippen LogP contribution in [0.15, 0.2) is 78.9 Å². The summed E-state index contributed by atoms with van der Waals surface area (Å²) in [5.74, 6) is 0.325. The van der Waals surface area contributed by atoms with Crippen molar-refractivity contribution in [1.29, 1.82) is 0 Å². The average Bonchev–Trinajstić information content (AvgIpc) is 3.35. The molecule has 0 aliphatic carbocycles. The van der Waals surface area contributed by atoms with Crippen molar-refractivity contribution >= 4 is 33.5 Å². The lowest BCUT2D eigenvalue weighted by Crippen LogP contribution is -2.55. The second-order valence-electron chi connectivity index (χ2n) is 8.78. The van der Waals surface area contributed by atoms with Crippen molar-refractivity contribution in [3.63, 3.8) is 0 Å². The van der Waals surface area contributed by atoms with Gasteiger partial charge in [-0.05, 0) is 61.7 Å². The van der Waals surface area contributed by atoms with E-state index in [-0.39, 0.29) is 18.9 Å². The predicted molar refractivity (Wildman–Crippen MR) is 148 cm³/mol. The number of benzene rings is 3. The van der Waals surface area contributed by atoms with Gasteiger partial charge in [-0.3, -0.25) is 9.10 Å². The molecule has 1 atom stereocenters. The molecule has 38 heavy (non-hydrogen) atoms. The molecule has 0 saturated heterocycles. The number of anilines is 2. The summed E-state index contributed by atoms with van der Waals surface area (Å²) < 4.78 is 34.9. The molecular weight excluding hydrogens is 504 g/mol. The van der Waals surface area contributed by atoms with Crippen molar-refractivity contribution < 1.29 is 22.7 Å². The van der Waals surface area contributed by atoms with Crippen molar-refractivity contribution in [3.05, 3.63) is 90.0 Å². The third-order valence-electron chi connectivity index (χ3n) is 6.28. The third kappa shape index (κ3) is 6.25. The number of rotatable bonds is 10. The van der Waals surface area contributed by atoms with E-state index in [2.05, 4.69) is 10.0 Å². The highest BCUT2D eigenvalue weighted by Gasteiger charge is 2.32. The monoisotopic (exact) mass is 536 g/mol. The van der Waals surface area contributed by atoms with Crippen LogP contribution in [0.3, 0.4) is 0 Å². The topological polar surface area (TPSA) is 108 Å². The number of nitrogens with zero attached hydrogens (tertiary/aromatic N) is 2. The van der Waals surface area contributed by atoms with Gasteiger partial charge in [0.2, 0.25) is 5.91 Å². The minimum atomic E-state index is -4.17. The molecule has 3 amide bonds. The van der Waals surface area contributed by atoms with Crippen LogP contribution in [0.4, 0.5) is 16.2 Å². The van der Waals surface area contributed by atoms with E-state index >= 15 is 0 Å². The van der Waals surface area contributed by atoms with Gasteiger partial charge in [0, 0.05) is 25.2 Å². The fourth-order valence-corrected chi connectivity index (χ4v) is 5.68. The molecule has 0 fully saturated rings. The number of nitrogens with one attached hydrogen (secondary N) is 2. The average molecular weight is 537 g/mol. The molecule has 1 aliphatic rings. The van der Waals surface area contributed by atoms with Crippen molar-refractivity contribution in [2.24, 2.45) is 0 Å². The van der Waals surface area contributed by atoms with Crippen molar-refractivity contribution in [2.75, 3.05) is 28.9 Å². The van der Waals surface area contributed by atoms with E-state index in [0.29, 0.717) is 36.7 Å². The Hall–Kier alpha value is -4.05. The van der Waals surface area contributed by atoms with E-state index in [0.717, 1.165) is 11.1 Å². The van der Waals surface area contributed by atoms with Crippen LogP contribution in [0, 0.1) is 0 Å². The molecule has 9 nitrogen and oxygen atoms in total. The Labute approximate surface area is 223 Å². The molecule has 3 aromatic rings. The zero-order valence-corrected chi connectivity index (χ0v) is 22.3. The Bertz CT molecular complexity index is 1360. The van der Waals surface area contributed by atoms with Crippen LogP contribution in [-0.4, -0.2) is 46.1 Å². The Morgan fingerprint density at radius 3 is 2.34 bits per heavy atom. The zero-order valence-electron chi connectivity index (χ0n) is 21.5. The Kier molecular flexibility index (Phi) is 8.52. The quantitative estimate of drug-likeness (QED) is 0.411. The fraction of sp³-hybridized carbons (Fsp3) is 0.286. The normalized spacial score (nSPS) is 13.4. The summed E-state index contributed by atoms with van der Waals surface area (Å²) >= 11 is 0. The highest BCUT2D eigenvalue weighted by molar-refractivity contribution is 7.91. The molecule has 10 heteroatoms. The number of likely N-dealkylation sites (N-methyl/N-ethyl adjacent to an activating group) is 1. The smallest absolute Gasteiger partial charge is 0.330 e. The fourth-order valence-electron chi connectivity index (χ4n) is 4.51. The first-order chi connectivity index (χ1) is 18.3. The van der Waals surface area contributed by atoms with Crippen molar-refractivity contribution in [1.82, 2.24) is 10.0 Å². The summed E-state index contributed by atoms with van der Waals surface area (Å²) in [5.41, 5.74) is 2.90. The summed E-state index contributed by atoms with van der Waals surface area (Å²) in [5, 5.41) is 2.61. The lowest BCUT2D eigenvalue weighted by atomic mass is 10.0. The van der Waals surface area contributed by atoms with Gasteiger partial charge in [0.1, 0.15) is 11.8 Å². The van der Waals surface area contributed by atoms with E-state index in [9.17, 15) is 18.0 Å². The molecule has 1 aliphatic heterocycles. The molecule has 0 bridgehead atoms. The molecule has 200 valence electrons. The highest BCUT2D eigenvalue weighted by atomic mass is 32.2. The zero-order chi connectivity index (χ0) is 27.1. The van der Waals surface area contributed by atoms with Gasteiger partial charge in [-0.2, -0.15) is 8.42 Å². The minimum Gasteiger partial charge on any atom is -0.494 e. The van der Waals surface area contributed by atoms with Crippen molar-refractivity contribution in [2.45, 2.75) is 32.7 Å². The van der Waals surface area contributed by atoms with E-state index in [1.807, 2.05) is 56.3 Å². The number of ether oxygens (including phenoxy) is 1. The minimum absolute atomic E-state index is 0.188. The first-order valence-corrected chi connectivity index (χ1v) is 14.0. The van der Waals surface area contributed by atoms with Gasteiger partial charge in [-0.25, -0.2) is 9.52 Å². The maximum atomic E-state index is 13.7. The third-order valence-corrected chi connectivity index (χ3v) is 7.69. The number of para-hydroxylation sites is 1. The largest absolute Gasteiger partial charge is 0.494 e. The van der Waals surface area contributed by atoms with Gasteiger partial charge in [0.15, 0.2) is 0 Å². The van der Waals surface area contributed by atoms with E-state index in [4.69, 9.17) is 4.74 Å².